The van der Waals surface area contributed by atoms with Crippen LogP contribution in [0.25, 0.3) is 0 Å². The average Bonchev–Trinajstić information content (AvgIpc) is 3.19. The van der Waals surface area contributed by atoms with Crippen LogP contribution in [0.5, 0.6) is 0 Å². The first-order valence-corrected chi connectivity index (χ1v) is 8.01. The summed E-state index contributed by atoms with van der Waals surface area (Å²) >= 11 is 1.56. The van der Waals surface area contributed by atoms with Gasteiger partial charge in [-0.3, -0.25) is 0 Å². The molecule has 1 aromatic heterocycles. The van der Waals surface area contributed by atoms with E-state index in [0.717, 1.165) is 35.7 Å². The summed E-state index contributed by atoms with van der Waals surface area (Å²) in [7, 11) is 1.88. The van der Waals surface area contributed by atoms with Crippen LogP contribution in [0, 0.1) is 5.92 Å². The lowest BCUT2D eigenvalue weighted by Crippen LogP contribution is -2.31. The van der Waals surface area contributed by atoms with Crippen LogP contribution in [0.2, 0.25) is 0 Å². The molecule has 0 amide bonds. The number of nitrogens with one attached hydrogen (secondary N) is 2. The summed E-state index contributed by atoms with van der Waals surface area (Å²) in [5.41, 5.74) is 0. The van der Waals surface area contributed by atoms with E-state index in [2.05, 4.69) is 20.6 Å². The largest absolute Gasteiger partial charge is 0.376 e. The van der Waals surface area contributed by atoms with Gasteiger partial charge in [0.2, 0.25) is 0 Å². The van der Waals surface area contributed by atoms with E-state index in [4.69, 9.17) is 4.74 Å². The van der Waals surface area contributed by atoms with E-state index < -0.39 is 0 Å². The first kappa shape index (κ1) is 13.0. The molecule has 0 spiro atoms. The molecular weight excluding hydrogens is 260 g/mol. The number of hydrogen-bond donors (Lipinski definition) is 2. The average molecular weight is 280 g/mol. The molecule has 104 valence electrons. The number of anilines is 2. The molecule has 19 heavy (non-hydrogen) atoms. The van der Waals surface area contributed by atoms with Crippen molar-refractivity contribution in [3.63, 3.8) is 0 Å². The molecule has 1 aromatic rings. The highest BCUT2D eigenvalue weighted by Gasteiger charge is 2.40. The van der Waals surface area contributed by atoms with Crippen molar-refractivity contribution in [1.29, 1.82) is 0 Å². The third kappa shape index (κ3) is 2.95. The number of nitrogens with zero attached hydrogens (tertiary/aromatic N) is 2. The standard InChI is InChI=1S/C13H20N4OS/c1-14-10-7-11(17-13(16-10)19-2)15-9-5-6-18-12(9)8-3-4-8/h7-9,12H,3-6H2,1-2H3,(H2,14,15,16,17). The molecule has 1 saturated heterocycles. The SMILES string of the molecule is CNc1cc(NC2CCOC2C2CC2)nc(SC)n1. The Balaban J connectivity index is 1.74. The molecule has 1 aliphatic heterocycles. The molecule has 0 radical (unpaired) electrons. The first-order chi connectivity index (χ1) is 9.30. The highest BCUT2D eigenvalue weighted by molar-refractivity contribution is 7.98. The second kappa shape index (κ2) is 5.54. The normalized spacial score (nSPS) is 26.4. The minimum absolute atomic E-state index is 0.366. The summed E-state index contributed by atoms with van der Waals surface area (Å²) in [6.07, 6.45) is 6.04. The maximum atomic E-state index is 5.85. The quantitative estimate of drug-likeness (QED) is 0.637. The predicted octanol–water partition coefficient (Wildman–Crippen LogP) is 2.22. The molecule has 1 saturated carbocycles. The Hall–Kier alpha value is -1.01. The van der Waals surface area contributed by atoms with Gasteiger partial charge >= 0.3 is 0 Å². The number of ether oxygens (including phenoxy) is 1. The van der Waals surface area contributed by atoms with Gasteiger partial charge in [-0.15, -0.1) is 0 Å². The van der Waals surface area contributed by atoms with E-state index in [1.165, 1.54) is 12.8 Å². The minimum atomic E-state index is 0.366. The molecule has 2 atom stereocenters. The number of rotatable bonds is 5. The molecule has 2 N–H and O–H groups in total. The van der Waals surface area contributed by atoms with E-state index in [1.54, 1.807) is 11.8 Å². The molecule has 2 fully saturated rings. The molecule has 0 aromatic carbocycles. The van der Waals surface area contributed by atoms with Gasteiger partial charge in [0.05, 0.1) is 12.1 Å². The van der Waals surface area contributed by atoms with Gasteiger partial charge in [0.15, 0.2) is 5.16 Å². The van der Waals surface area contributed by atoms with Crippen molar-refractivity contribution >= 4 is 23.4 Å². The van der Waals surface area contributed by atoms with E-state index in [0.29, 0.717) is 12.1 Å². The second-order valence-electron chi connectivity index (χ2n) is 5.09. The lowest BCUT2D eigenvalue weighted by atomic mass is 10.1. The third-order valence-electron chi connectivity index (χ3n) is 3.70. The second-order valence-corrected chi connectivity index (χ2v) is 5.86. The monoisotopic (exact) mass is 280 g/mol. The molecule has 2 aliphatic rings. The van der Waals surface area contributed by atoms with Gasteiger partial charge in [-0.25, -0.2) is 9.97 Å². The van der Waals surface area contributed by atoms with Crippen LogP contribution in [-0.4, -0.2) is 42.0 Å². The fourth-order valence-electron chi connectivity index (χ4n) is 2.56. The highest BCUT2D eigenvalue weighted by atomic mass is 32.2. The Bertz CT molecular complexity index is 430. The Morgan fingerprint density at radius 3 is 2.74 bits per heavy atom. The molecule has 2 unspecified atom stereocenters. The molecule has 6 heteroatoms. The molecule has 1 aliphatic carbocycles. The predicted molar refractivity (Wildman–Crippen MR) is 77.9 cm³/mol. The maximum absolute atomic E-state index is 5.85. The number of hydrogen-bond acceptors (Lipinski definition) is 6. The summed E-state index contributed by atoms with van der Waals surface area (Å²) in [6, 6.07) is 2.35. The van der Waals surface area contributed by atoms with Crippen molar-refractivity contribution in [1.82, 2.24) is 9.97 Å². The van der Waals surface area contributed by atoms with E-state index >= 15 is 0 Å². The third-order valence-corrected chi connectivity index (χ3v) is 4.25. The van der Waals surface area contributed by atoms with Gasteiger partial charge < -0.3 is 15.4 Å². The van der Waals surface area contributed by atoms with E-state index in [1.807, 2.05) is 19.4 Å². The summed E-state index contributed by atoms with van der Waals surface area (Å²) in [5, 5.41) is 7.40. The first-order valence-electron chi connectivity index (χ1n) is 6.79. The molecule has 2 heterocycles. The Morgan fingerprint density at radius 1 is 1.26 bits per heavy atom. The Kier molecular flexibility index (Phi) is 3.79. The van der Waals surface area contributed by atoms with Crippen LogP contribution in [0.15, 0.2) is 11.2 Å². The van der Waals surface area contributed by atoms with Crippen molar-refractivity contribution in [2.45, 2.75) is 36.6 Å². The summed E-state index contributed by atoms with van der Waals surface area (Å²) in [5.74, 6) is 2.50. The van der Waals surface area contributed by atoms with Crippen LogP contribution >= 0.6 is 11.8 Å². The fourth-order valence-corrected chi connectivity index (χ4v) is 2.94. The smallest absolute Gasteiger partial charge is 0.191 e. The van der Waals surface area contributed by atoms with Crippen LogP contribution in [0.3, 0.4) is 0 Å². The summed E-state index contributed by atoms with van der Waals surface area (Å²) in [4.78, 5) is 8.90. The van der Waals surface area contributed by atoms with Crippen molar-refractivity contribution < 1.29 is 4.74 Å². The van der Waals surface area contributed by atoms with Crippen LogP contribution < -0.4 is 10.6 Å². The number of thioether (sulfide) groups is 1. The zero-order chi connectivity index (χ0) is 13.2. The lowest BCUT2D eigenvalue weighted by molar-refractivity contribution is 0.0898. The molecule has 0 bridgehead atoms. The van der Waals surface area contributed by atoms with Gasteiger partial charge in [0, 0.05) is 19.7 Å². The van der Waals surface area contributed by atoms with Gasteiger partial charge in [0.1, 0.15) is 11.6 Å². The summed E-state index contributed by atoms with van der Waals surface area (Å²) < 4.78 is 5.85. The Morgan fingerprint density at radius 2 is 2.05 bits per heavy atom. The van der Waals surface area contributed by atoms with Crippen molar-refractivity contribution in [3.8, 4) is 0 Å². The van der Waals surface area contributed by atoms with E-state index in [-0.39, 0.29) is 0 Å². The minimum Gasteiger partial charge on any atom is -0.376 e. The summed E-state index contributed by atoms with van der Waals surface area (Å²) in [6.45, 7) is 0.859. The molecular formula is C13H20N4OS. The topological polar surface area (TPSA) is 59.1 Å². The van der Waals surface area contributed by atoms with Crippen LogP contribution in [0.4, 0.5) is 11.6 Å². The van der Waals surface area contributed by atoms with Gasteiger partial charge in [0.25, 0.3) is 0 Å². The van der Waals surface area contributed by atoms with Gasteiger partial charge in [-0.2, -0.15) is 0 Å². The molecule has 5 nitrogen and oxygen atoms in total. The van der Waals surface area contributed by atoms with E-state index in [9.17, 15) is 0 Å². The zero-order valence-electron chi connectivity index (χ0n) is 11.3. The van der Waals surface area contributed by atoms with Gasteiger partial charge in [-0.05, 0) is 31.4 Å². The van der Waals surface area contributed by atoms with Gasteiger partial charge in [-0.1, -0.05) is 11.8 Å². The van der Waals surface area contributed by atoms with Crippen molar-refractivity contribution in [2.24, 2.45) is 5.92 Å². The van der Waals surface area contributed by atoms with Crippen LogP contribution in [0.1, 0.15) is 19.3 Å². The highest BCUT2D eigenvalue weighted by Crippen LogP contribution is 2.39. The zero-order valence-corrected chi connectivity index (χ0v) is 12.2. The Labute approximate surface area is 117 Å². The van der Waals surface area contributed by atoms with Crippen molar-refractivity contribution in [3.05, 3.63) is 6.07 Å². The van der Waals surface area contributed by atoms with Crippen molar-refractivity contribution in [2.75, 3.05) is 30.5 Å². The number of aromatic nitrogens is 2. The lowest BCUT2D eigenvalue weighted by Gasteiger charge is -2.20. The maximum Gasteiger partial charge on any atom is 0.191 e. The fraction of sp³-hybridized carbons (Fsp3) is 0.692. The van der Waals surface area contributed by atoms with Crippen LogP contribution in [-0.2, 0) is 4.74 Å². The molecule has 3 rings (SSSR count).